The van der Waals surface area contributed by atoms with Gasteiger partial charge in [0.05, 0.1) is 18.9 Å². The van der Waals surface area contributed by atoms with E-state index in [-0.39, 0.29) is 5.91 Å². The highest BCUT2D eigenvalue weighted by atomic mass is 16.5. The van der Waals surface area contributed by atoms with Crippen LogP contribution in [0.2, 0.25) is 0 Å². The maximum absolute atomic E-state index is 11.6. The molecule has 4 nitrogen and oxygen atoms in total. The van der Waals surface area contributed by atoms with Gasteiger partial charge in [0.2, 0.25) is 0 Å². The fourth-order valence-electron chi connectivity index (χ4n) is 1.14. The number of nitrogens with zero attached hydrogens (tertiary/aromatic N) is 1. The lowest BCUT2D eigenvalue weighted by Crippen LogP contribution is -2.23. The Balaban J connectivity index is 3.03. The van der Waals surface area contributed by atoms with E-state index in [0.29, 0.717) is 17.9 Å². The third-order valence-corrected chi connectivity index (χ3v) is 1.81. The molecule has 0 atom stereocenters. The van der Waals surface area contributed by atoms with Crippen LogP contribution in [0, 0.1) is 6.92 Å². The number of methoxy groups -OCH3 is 1. The van der Waals surface area contributed by atoms with Crippen molar-refractivity contribution in [2.24, 2.45) is 0 Å². The molecule has 1 N–H and O–H groups in total. The molecule has 1 rings (SSSR count). The molecule has 1 aromatic heterocycles. The van der Waals surface area contributed by atoms with E-state index in [4.69, 9.17) is 4.74 Å². The molecular formula is C10H14N2O2. The van der Waals surface area contributed by atoms with Gasteiger partial charge in [0, 0.05) is 12.2 Å². The van der Waals surface area contributed by atoms with Crippen LogP contribution < -0.4 is 10.1 Å². The standard InChI is InChI=1S/C10H14N2O2/c1-4-11-10(13)8-5-7(2)12-6-9(8)14-3/h5-6H,4H2,1-3H3,(H,11,13). The van der Waals surface area contributed by atoms with Crippen LogP contribution in [0.3, 0.4) is 0 Å². The van der Waals surface area contributed by atoms with Gasteiger partial charge in [-0.3, -0.25) is 9.78 Å². The monoisotopic (exact) mass is 194 g/mol. The minimum absolute atomic E-state index is 0.130. The molecule has 0 saturated carbocycles. The SMILES string of the molecule is CCNC(=O)c1cc(C)ncc1OC. The molecule has 4 heteroatoms. The van der Waals surface area contributed by atoms with E-state index in [1.165, 1.54) is 7.11 Å². The van der Waals surface area contributed by atoms with E-state index in [2.05, 4.69) is 10.3 Å². The predicted octanol–water partition coefficient (Wildman–Crippen LogP) is 1.15. The normalized spacial score (nSPS) is 9.64. The van der Waals surface area contributed by atoms with Crippen molar-refractivity contribution in [3.8, 4) is 5.75 Å². The topological polar surface area (TPSA) is 51.2 Å². The van der Waals surface area contributed by atoms with Crippen molar-refractivity contribution in [3.05, 3.63) is 23.5 Å². The van der Waals surface area contributed by atoms with Crippen molar-refractivity contribution in [1.82, 2.24) is 10.3 Å². The van der Waals surface area contributed by atoms with Crippen molar-refractivity contribution in [1.29, 1.82) is 0 Å². The number of pyridine rings is 1. The third-order valence-electron chi connectivity index (χ3n) is 1.81. The molecule has 0 aliphatic carbocycles. The van der Waals surface area contributed by atoms with Gasteiger partial charge in [0.1, 0.15) is 5.75 Å². The molecular weight excluding hydrogens is 180 g/mol. The first-order chi connectivity index (χ1) is 6.69. The number of hydrogen-bond acceptors (Lipinski definition) is 3. The van der Waals surface area contributed by atoms with E-state index in [9.17, 15) is 4.79 Å². The van der Waals surface area contributed by atoms with E-state index < -0.39 is 0 Å². The summed E-state index contributed by atoms with van der Waals surface area (Å²) in [7, 11) is 1.52. The number of aryl methyl sites for hydroxylation is 1. The molecule has 1 heterocycles. The lowest BCUT2D eigenvalue weighted by Gasteiger charge is -2.07. The van der Waals surface area contributed by atoms with Crippen LogP contribution in [0.25, 0.3) is 0 Å². The summed E-state index contributed by atoms with van der Waals surface area (Å²) < 4.78 is 5.04. The predicted molar refractivity (Wildman–Crippen MR) is 53.5 cm³/mol. The van der Waals surface area contributed by atoms with Gasteiger partial charge in [-0.2, -0.15) is 0 Å². The Bertz CT molecular complexity index is 337. The molecule has 0 spiro atoms. The lowest BCUT2D eigenvalue weighted by molar-refractivity contribution is 0.0952. The number of rotatable bonds is 3. The van der Waals surface area contributed by atoms with Crippen LogP contribution in [0.1, 0.15) is 23.0 Å². The third kappa shape index (κ3) is 2.22. The van der Waals surface area contributed by atoms with Gasteiger partial charge in [0.25, 0.3) is 5.91 Å². The molecule has 0 radical (unpaired) electrons. The fourth-order valence-corrected chi connectivity index (χ4v) is 1.14. The summed E-state index contributed by atoms with van der Waals surface area (Å²) in [6.07, 6.45) is 1.56. The Morgan fingerprint density at radius 3 is 2.93 bits per heavy atom. The van der Waals surface area contributed by atoms with Crippen molar-refractivity contribution in [2.45, 2.75) is 13.8 Å². The Kier molecular flexibility index (Phi) is 3.45. The van der Waals surface area contributed by atoms with Gasteiger partial charge >= 0.3 is 0 Å². The van der Waals surface area contributed by atoms with Crippen LogP contribution in [-0.4, -0.2) is 24.5 Å². The molecule has 1 amide bonds. The quantitative estimate of drug-likeness (QED) is 0.785. The largest absolute Gasteiger partial charge is 0.494 e. The molecule has 0 fully saturated rings. The number of aromatic nitrogens is 1. The maximum atomic E-state index is 11.6. The van der Waals surface area contributed by atoms with Crippen molar-refractivity contribution in [2.75, 3.05) is 13.7 Å². The Hall–Kier alpha value is -1.58. The average molecular weight is 194 g/mol. The highest BCUT2D eigenvalue weighted by Gasteiger charge is 2.11. The van der Waals surface area contributed by atoms with Gasteiger partial charge in [-0.25, -0.2) is 0 Å². The molecule has 0 aliphatic rings. The molecule has 0 aliphatic heterocycles. The number of carbonyl (C=O) groups is 1. The highest BCUT2D eigenvalue weighted by Crippen LogP contribution is 2.16. The zero-order valence-electron chi connectivity index (χ0n) is 8.63. The molecule has 76 valence electrons. The summed E-state index contributed by atoms with van der Waals surface area (Å²) in [5.74, 6) is 0.372. The van der Waals surface area contributed by atoms with Gasteiger partial charge < -0.3 is 10.1 Å². The first-order valence-electron chi connectivity index (χ1n) is 4.47. The Labute approximate surface area is 83.3 Å². The number of nitrogens with one attached hydrogen (secondary N) is 1. The van der Waals surface area contributed by atoms with Gasteiger partial charge in [-0.05, 0) is 19.9 Å². The second-order valence-electron chi connectivity index (χ2n) is 2.89. The lowest BCUT2D eigenvalue weighted by atomic mass is 10.2. The molecule has 0 bridgehead atoms. The summed E-state index contributed by atoms with van der Waals surface area (Å²) in [5.41, 5.74) is 1.33. The first-order valence-corrected chi connectivity index (χ1v) is 4.47. The second-order valence-corrected chi connectivity index (χ2v) is 2.89. The molecule has 0 aromatic carbocycles. The summed E-state index contributed by atoms with van der Waals surface area (Å²) in [4.78, 5) is 15.6. The molecule has 0 saturated heterocycles. The highest BCUT2D eigenvalue weighted by molar-refractivity contribution is 5.96. The number of ether oxygens (including phenoxy) is 1. The number of amides is 1. The number of carbonyl (C=O) groups excluding carboxylic acids is 1. The zero-order valence-corrected chi connectivity index (χ0v) is 8.63. The van der Waals surface area contributed by atoms with Crippen LogP contribution in [0.15, 0.2) is 12.3 Å². The fraction of sp³-hybridized carbons (Fsp3) is 0.400. The van der Waals surface area contributed by atoms with Gasteiger partial charge in [-0.1, -0.05) is 0 Å². The van der Waals surface area contributed by atoms with Crippen LogP contribution in [0.5, 0.6) is 5.75 Å². The summed E-state index contributed by atoms with van der Waals surface area (Å²) in [5, 5.41) is 2.72. The van der Waals surface area contributed by atoms with E-state index in [1.807, 2.05) is 13.8 Å². The molecule has 1 aromatic rings. The Morgan fingerprint density at radius 1 is 1.64 bits per heavy atom. The van der Waals surface area contributed by atoms with Gasteiger partial charge in [0.15, 0.2) is 0 Å². The van der Waals surface area contributed by atoms with Crippen LogP contribution in [-0.2, 0) is 0 Å². The zero-order chi connectivity index (χ0) is 10.6. The van der Waals surface area contributed by atoms with E-state index in [0.717, 1.165) is 5.69 Å². The first kappa shape index (κ1) is 10.5. The Morgan fingerprint density at radius 2 is 2.36 bits per heavy atom. The molecule has 14 heavy (non-hydrogen) atoms. The molecule has 0 unspecified atom stereocenters. The smallest absolute Gasteiger partial charge is 0.255 e. The maximum Gasteiger partial charge on any atom is 0.255 e. The number of hydrogen-bond donors (Lipinski definition) is 1. The summed E-state index contributed by atoms with van der Waals surface area (Å²) in [6.45, 7) is 4.31. The van der Waals surface area contributed by atoms with Crippen molar-refractivity contribution >= 4 is 5.91 Å². The van der Waals surface area contributed by atoms with Crippen molar-refractivity contribution < 1.29 is 9.53 Å². The van der Waals surface area contributed by atoms with Crippen LogP contribution >= 0.6 is 0 Å². The summed E-state index contributed by atoms with van der Waals surface area (Å²) >= 11 is 0. The van der Waals surface area contributed by atoms with Crippen LogP contribution in [0.4, 0.5) is 0 Å². The van der Waals surface area contributed by atoms with E-state index in [1.54, 1.807) is 12.3 Å². The second kappa shape index (κ2) is 4.60. The average Bonchev–Trinajstić information content (AvgIpc) is 2.18. The van der Waals surface area contributed by atoms with Crippen molar-refractivity contribution in [3.63, 3.8) is 0 Å². The van der Waals surface area contributed by atoms with Gasteiger partial charge in [-0.15, -0.1) is 0 Å². The van der Waals surface area contributed by atoms with E-state index >= 15 is 0 Å². The minimum atomic E-state index is -0.130. The minimum Gasteiger partial charge on any atom is -0.494 e. The summed E-state index contributed by atoms with van der Waals surface area (Å²) in [6, 6.07) is 1.71.